The third kappa shape index (κ3) is 5.69. The maximum Gasteiger partial charge on any atom is 0.179 e. The predicted molar refractivity (Wildman–Crippen MR) is 94.0 cm³/mol. The Balaban J connectivity index is 1.74. The van der Waals surface area contributed by atoms with Gasteiger partial charge in [-0.15, -0.1) is 0 Å². The average Bonchev–Trinajstić information content (AvgIpc) is 2.91. The molecule has 1 heterocycles. The molecule has 0 saturated heterocycles. The Kier molecular flexibility index (Phi) is 5.85. The Morgan fingerprint density at radius 1 is 1.32 bits per heavy atom. The Bertz CT molecular complexity index is 605. The zero-order chi connectivity index (χ0) is 16.0. The molecule has 22 heavy (non-hydrogen) atoms. The van der Waals surface area contributed by atoms with Crippen LogP contribution in [0, 0.1) is 0 Å². The molecule has 0 radical (unpaired) electrons. The number of hydrogen-bond acceptors (Lipinski definition) is 6. The van der Waals surface area contributed by atoms with Gasteiger partial charge >= 0.3 is 0 Å². The molecule has 6 heteroatoms. The summed E-state index contributed by atoms with van der Waals surface area (Å²) < 4.78 is 11.0. The molecule has 2 rings (SSSR count). The van der Waals surface area contributed by atoms with Gasteiger partial charge in [0.15, 0.2) is 16.0 Å². The number of thioether (sulfide) groups is 1. The van der Waals surface area contributed by atoms with Crippen LogP contribution in [0.3, 0.4) is 0 Å². The van der Waals surface area contributed by atoms with Crippen molar-refractivity contribution in [2.24, 2.45) is 0 Å². The maximum absolute atomic E-state index is 5.61. The van der Waals surface area contributed by atoms with Crippen LogP contribution in [0.2, 0.25) is 0 Å². The molecule has 0 saturated carbocycles. The highest BCUT2D eigenvalue weighted by Crippen LogP contribution is 2.24. The van der Waals surface area contributed by atoms with Crippen LogP contribution in [0.15, 0.2) is 47.1 Å². The number of nitrogens with zero attached hydrogens (tertiary/aromatic N) is 2. The lowest BCUT2D eigenvalue weighted by atomic mass is 10.2. The van der Waals surface area contributed by atoms with E-state index in [9.17, 15) is 0 Å². The lowest BCUT2D eigenvalue weighted by Gasteiger charge is -2.23. The summed E-state index contributed by atoms with van der Waals surface area (Å²) in [5.41, 5.74) is 0.830. The first-order valence-electron chi connectivity index (χ1n) is 7.08. The number of rotatable bonds is 7. The van der Waals surface area contributed by atoms with Crippen molar-refractivity contribution >= 4 is 23.3 Å². The summed E-state index contributed by atoms with van der Waals surface area (Å²) in [6.45, 7) is 10.6. The highest BCUT2D eigenvalue weighted by atomic mass is 32.2. The second kappa shape index (κ2) is 7.65. The second-order valence-corrected chi connectivity index (χ2v) is 7.76. The van der Waals surface area contributed by atoms with Crippen LogP contribution in [0.1, 0.15) is 20.8 Å². The van der Waals surface area contributed by atoms with Crippen LogP contribution in [0.5, 0.6) is 0 Å². The van der Waals surface area contributed by atoms with Gasteiger partial charge in [0, 0.05) is 17.9 Å². The number of nitrogens with one attached hydrogen (secondary N) is 1. The van der Waals surface area contributed by atoms with Crippen LogP contribution in [0.25, 0.3) is 11.4 Å². The van der Waals surface area contributed by atoms with Crippen molar-refractivity contribution in [3.63, 3.8) is 0 Å². The molecule has 0 bridgehead atoms. The van der Waals surface area contributed by atoms with Crippen molar-refractivity contribution in [2.75, 3.05) is 12.3 Å². The van der Waals surface area contributed by atoms with Gasteiger partial charge in [0.25, 0.3) is 0 Å². The second-order valence-electron chi connectivity index (χ2n) is 5.66. The van der Waals surface area contributed by atoms with Gasteiger partial charge in [-0.2, -0.15) is 4.37 Å². The Morgan fingerprint density at radius 2 is 2.05 bits per heavy atom. The van der Waals surface area contributed by atoms with Crippen molar-refractivity contribution < 1.29 is 4.74 Å². The molecule has 0 spiro atoms. The predicted octanol–water partition coefficient (Wildman–Crippen LogP) is 4.17. The molecule has 0 fully saturated rings. The molecule has 0 aliphatic carbocycles. The number of hydrogen-bond donors (Lipinski definition) is 1. The molecule has 0 amide bonds. The van der Waals surface area contributed by atoms with Crippen LogP contribution in [-0.2, 0) is 4.74 Å². The first-order chi connectivity index (χ1) is 10.4. The standard InChI is InChI=1S/C16H21N3OS2/c1-12(20-16(2,3)4)17-10-11-21-15-18-14(19-22-15)13-8-6-5-7-9-13/h5-9,17H,1,10-11H2,2-4H3. The van der Waals surface area contributed by atoms with E-state index >= 15 is 0 Å². The summed E-state index contributed by atoms with van der Waals surface area (Å²) in [6.07, 6.45) is 0. The Morgan fingerprint density at radius 3 is 2.73 bits per heavy atom. The fourth-order valence-corrected chi connectivity index (χ4v) is 3.25. The molecule has 0 atom stereocenters. The number of ether oxygens (including phenoxy) is 1. The van der Waals surface area contributed by atoms with Gasteiger partial charge in [-0.3, -0.25) is 0 Å². The highest BCUT2D eigenvalue weighted by molar-refractivity contribution is 8.00. The molecule has 0 aliphatic heterocycles. The molecule has 1 N–H and O–H groups in total. The molecular weight excluding hydrogens is 314 g/mol. The van der Waals surface area contributed by atoms with Gasteiger partial charge in [-0.25, -0.2) is 4.98 Å². The summed E-state index contributed by atoms with van der Waals surface area (Å²) in [4.78, 5) is 4.55. The van der Waals surface area contributed by atoms with Crippen LogP contribution in [0.4, 0.5) is 0 Å². The molecule has 0 unspecified atom stereocenters. The van der Waals surface area contributed by atoms with Crippen LogP contribution < -0.4 is 5.32 Å². The number of aromatic nitrogens is 2. The fraction of sp³-hybridized carbons (Fsp3) is 0.375. The largest absolute Gasteiger partial charge is 0.474 e. The van der Waals surface area contributed by atoms with Crippen LogP contribution in [-0.4, -0.2) is 27.3 Å². The van der Waals surface area contributed by atoms with Crippen molar-refractivity contribution in [1.82, 2.24) is 14.7 Å². The van der Waals surface area contributed by atoms with Crippen LogP contribution >= 0.6 is 23.3 Å². The SMILES string of the molecule is C=C(NCCSc1nc(-c2ccccc2)ns1)OC(C)(C)C. The lowest BCUT2D eigenvalue weighted by molar-refractivity contribution is 0.0421. The summed E-state index contributed by atoms with van der Waals surface area (Å²) in [5.74, 6) is 2.28. The van der Waals surface area contributed by atoms with Crippen molar-refractivity contribution in [2.45, 2.75) is 30.7 Å². The molecule has 1 aromatic heterocycles. The van der Waals surface area contributed by atoms with Gasteiger partial charge in [0.2, 0.25) is 0 Å². The summed E-state index contributed by atoms with van der Waals surface area (Å²) in [7, 11) is 0. The minimum absolute atomic E-state index is 0.221. The summed E-state index contributed by atoms with van der Waals surface area (Å²) in [6, 6.07) is 10.0. The minimum atomic E-state index is -0.221. The Labute approximate surface area is 140 Å². The molecular formula is C16H21N3OS2. The fourth-order valence-electron chi connectivity index (χ4n) is 1.71. The van der Waals surface area contributed by atoms with E-state index in [-0.39, 0.29) is 5.60 Å². The molecule has 2 aromatic rings. The quantitative estimate of drug-likeness (QED) is 0.467. The highest BCUT2D eigenvalue weighted by Gasteiger charge is 2.12. The van der Waals surface area contributed by atoms with Gasteiger partial charge < -0.3 is 10.1 Å². The normalized spacial score (nSPS) is 11.2. The van der Waals surface area contributed by atoms with E-state index in [2.05, 4.69) is 21.3 Å². The van der Waals surface area contributed by atoms with E-state index < -0.39 is 0 Å². The molecule has 1 aromatic carbocycles. The average molecular weight is 335 g/mol. The minimum Gasteiger partial charge on any atom is -0.474 e. The number of benzene rings is 1. The first-order valence-corrected chi connectivity index (χ1v) is 8.84. The zero-order valence-electron chi connectivity index (χ0n) is 13.1. The van der Waals surface area contributed by atoms with E-state index in [1.807, 2.05) is 51.1 Å². The maximum atomic E-state index is 5.61. The van der Waals surface area contributed by atoms with Crippen molar-refractivity contribution in [3.05, 3.63) is 42.8 Å². The Hall–Kier alpha value is -1.53. The topological polar surface area (TPSA) is 47.0 Å². The van der Waals surface area contributed by atoms with Gasteiger partial charge in [0.1, 0.15) is 5.60 Å². The zero-order valence-corrected chi connectivity index (χ0v) is 14.8. The van der Waals surface area contributed by atoms with E-state index in [0.29, 0.717) is 5.88 Å². The van der Waals surface area contributed by atoms with Crippen molar-refractivity contribution in [1.29, 1.82) is 0 Å². The molecule has 118 valence electrons. The van der Waals surface area contributed by atoms with Gasteiger partial charge in [-0.1, -0.05) is 42.1 Å². The lowest BCUT2D eigenvalue weighted by Crippen LogP contribution is -2.26. The summed E-state index contributed by atoms with van der Waals surface area (Å²) in [5, 5.41) is 3.17. The van der Waals surface area contributed by atoms with Gasteiger partial charge in [-0.05, 0) is 38.9 Å². The first kappa shape index (κ1) is 16.8. The van der Waals surface area contributed by atoms with E-state index in [1.54, 1.807) is 11.8 Å². The monoisotopic (exact) mass is 335 g/mol. The van der Waals surface area contributed by atoms with E-state index in [0.717, 1.165) is 28.0 Å². The summed E-state index contributed by atoms with van der Waals surface area (Å²) >= 11 is 3.12. The van der Waals surface area contributed by atoms with E-state index in [1.165, 1.54) is 11.5 Å². The third-order valence-corrected chi connectivity index (χ3v) is 4.35. The van der Waals surface area contributed by atoms with E-state index in [4.69, 9.17) is 4.74 Å². The van der Waals surface area contributed by atoms with Crippen molar-refractivity contribution in [3.8, 4) is 11.4 Å². The molecule has 4 nitrogen and oxygen atoms in total. The smallest absolute Gasteiger partial charge is 0.179 e. The van der Waals surface area contributed by atoms with Gasteiger partial charge in [0.05, 0.1) is 0 Å². The molecule has 0 aliphatic rings. The third-order valence-electron chi connectivity index (χ3n) is 2.52.